The third-order valence-electron chi connectivity index (χ3n) is 3.37. The highest BCUT2D eigenvalue weighted by Crippen LogP contribution is 2.22. The quantitative estimate of drug-likeness (QED) is 0.516. The topological polar surface area (TPSA) is 51.1 Å². The van der Waals surface area contributed by atoms with Crippen molar-refractivity contribution in [1.82, 2.24) is 0 Å². The Morgan fingerprint density at radius 3 is 3.00 bits per heavy atom. The van der Waals surface area contributed by atoms with Crippen LogP contribution in [0.5, 0.6) is 5.75 Å². The summed E-state index contributed by atoms with van der Waals surface area (Å²) < 4.78 is 11.5. The first-order valence-corrected chi connectivity index (χ1v) is 6.75. The van der Waals surface area contributed by atoms with Gasteiger partial charge in [0, 0.05) is 12.2 Å². The molecule has 1 atom stereocenters. The molecule has 0 aromatic heterocycles. The fraction of sp³-hybridized carbons (Fsp3) is 0.533. The number of nitrogens with zero attached hydrogens (tertiary/aromatic N) is 1. The number of ether oxygens (including phenoxy) is 2. The largest absolute Gasteiger partial charge is 0.490 e. The van der Waals surface area contributed by atoms with Crippen molar-refractivity contribution >= 4 is 5.71 Å². The minimum absolute atomic E-state index is 0.175. The summed E-state index contributed by atoms with van der Waals surface area (Å²) in [5, 5.41) is 12.2. The van der Waals surface area contributed by atoms with E-state index in [9.17, 15) is 0 Å². The molecule has 0 radical (unpaired) electrons. The molecule has 1 heterocycles. The summed E-state index contributed by atoms with van der Waals surface area (Å²) in [6.45, 7) is 5.14. The maximum Gasteiger partial charge on any atom is 0.128 e. The molecule has 19 heavy (non-hydrogen) atoms. The molecule has 1 fully saturated rings. The van der Waals surface area contributed by atoms with Gasteiger partial charge >= 0.3 is 0 Å². The lowest BCUT2D eigenvalue weighted by molar-refractivity contribution is -0.0111. The Morgan fingerprint density at radius 2 is 2.32 bits per heavy atom. The van der Waals surface area contributed by atoms with Gasteiger partial charge in [-0.25, -0.2) is 0 Å². The van der Waals surface area contributed by atoms with Crippen LogP contribution in [0.1, 0.15) is 37.3 Å². The van der Waals surface area contributed by atoms with Crippen molar-refractivity contribution in [1.29, 1.82) is 0 Å². The second-order valence-electron chi connectivity index (χ2n) is 4.98. The van der Waals surface area contributed by atoms with E-state index in [0.29, 0.717) is 12.3 Å². The molecule has 0 saturated carbocycles. The Hall–Kier alpha value is -1.55. The van der Waals surface area contributed by atoms with Crippen molar-refractivity contribution in [3.05, 3.63) is 29.3 Å². The van der Waals surface area contributed by atoms with Gasteiger partial charge < -0.3 is 14.7 Å². The second-order valence-corrected chi connectivity index (χ2v) is 4.98. The standard InChI is InChI=1S/C15H21NO3/c1-11-6-7-15(14(9-11)12(2)16-17)19-10-13-5-3-4-8-18-13/h6-7,9,13,17H,3-5,8,10H2,1-2H3/b16-12+. The number of aryl methyl sites for hydroxylation is 1. The van der Waals surface area contributed by atoms with Gasteiger partial charge in [-0.1, -0.05) is 16.8 Å². The maximum absolute atomic E-state index is 8.93. The van der Waals surface area contributed by atoms with Crippen LogP contribution in [0.15, 0.2) is 23.4 Å². The van der Waals surface area contributed by atoms with Crippen LogP contribution in [0.4, 0.5) is 0 Å². The number of hydrogen-bond acceptors (Lipinski definition) is 4. The van der Waals surface area contributed by atoms with Crippen LogP contribution in [-0.4, -0.2) is 30.2 Å². The van der Waals surface area contributed by atoms with Gasteiger partial charge in [0.2, 0.25) is 0 Å². The van der Waals surface area contributed by atoms with Crippen LogP contribution in [0.3, 0.4) is 0 Å². The fourth-order valence-corrected chi connectivity index (χ4v) is 2.23. The van der Waals surface area contributed by atoms with Crippen LogP contribution in [0, 0.1) is 6.92 Å². The molecule has 4 heteroatoms. The van der Waals surface area contributed by atoms with E-state index in [-0.39, 0.29) is 6.10 Å². The van der Waals surface area contributed by atoms with Gasteiger partial charge in [0.15, 0.2) is 0 Å². The van der Waals surface area contributed by atoms with Gasteiger partial charge in [0.25, 0.3) is 0 Å². The average molecular weight is 263 g/mol. The Bertz CT molecular complexity index is 451. The van der Waals surface area contributed by atoms with Crippen molar-refractivity contribution in [2.45, 2.75) is 39.2 Å². The fourth-order valence-electron chi connectivity index (χ4n) is 2.23. The number of oxime groups is 1. The van der Waals surface area contributed by atoms with Crippen molar-refractivity contribution in [2.24, 2.45) is 5.16 Å². The second kappa shape index (κ2) is 6.57. The molecule has 1 aliphatic heterocycles. The van der Waals surface area contributed by atoms with E-state index in [0.717, 1.165) is 36.3 Å². The normalized spacial score (nSPS) is 20.3. The molecule has 4 nitrogen and oxygen atoms in total. The SMILES string of the molecule is C/C(=N\O)c1cc(C)ccc1OCC1CCCCO1. The van der Waals surface area contributed by atoms with Crippen molar-refractivity contribution in [3.63, 3.8) is 0 Å². The monoisotopic (exact) mass is 263 g/mol. The minimum atomic E-state index is 0.175. The summed E-state index contributed by atoms with van der Waals surface area (Å²) in [6.07, 6.45) is 3.57. The van der Waals surface area contributed by atoms with Crippen molar-refractivity contribution in [3.8, 4) is 5.75 Å². The lowest BCUT2D eigenvalue weighted by atomic mass is 10.1. The smallest absolute Gasteiger partial charge is 0.128 e. The molecule has 0 bridgehead atoms. The summed E-state index contributed by atoms with van der Waals surface area (Å²) >= 11 is 0. The van der Waals surface area contributed by atoms with Crippen LogP contribution in [-0.2, 0) is 4.74 Å². The molecule has 1 N–H and O–H groups in total. The number of benzene rings is 1. The van der Waals surface area contributed by atoms with Crippen molar-refractivity contribution < 1.29 is 14.7 Å². The van der Waals surface area contributed by atoms with Gasteiger partial charge in [-0.15, -0.1) is 0 Å². The van der Waals surface area contributed by atoms with E-state index in [4.69, 9.17) is 14.7 Å². The molecule has 1 aliphatic rings. The molecule has 1 unspecified atom stereocenters. The van der Waals surface area contributed by atoms with Crippen LogP contribution in [0.25, 0.3) is 0 Å². The predicted octanol–water partition coefficient (Wildman–Crippen LogP) is 3.14. The molecule has 2 rings (SSSR count). The zero-order chi connectivity index (χ0) is 13.7. The summed E-state index contributed by atoms with van der Waals surface area (Å²) in [4.78, 5) is 0. The highest BCUT2D eigenvalue weighted by atomic mass is 16.5. The molecule has 0 amide bonds. The van der Waals surface area contributed by atoms with Gasteiger partial charge in [0.05, 0.1) is 11.8 Å². The summed E-state index contributed by atoms with van der Waals surface area (Å²) in [6, 6.07) is 5.87. The molecule has 1 aromatic rings. The molecular weight excluding hydrogens is 242 g/mol. The zero-order valence-electron chi connectivity index (χ0n) is 11.6. The highest BCUT2D eigenvalue weighted by molar-refractivity contribution is 6.00. The van der Waals surface area contributed by atoms with E-state index in [1.54, 1.807) is 6.92 Å². The minimum Gasteiger partial charge on any atom is -0.490 e. The number of hydrogen-bond donors (Lipinski definition) is 1. The molecule has 1 aromatic carbocycles. The van der Waals surface area contributed by atoms with Crippen LogP contribution < -0.4 is 4.74 Å². The van der Waals surface area contributed by atoms with E-state index >= 15 is 0 Å². The molecule has 1 saturated heterocycles. The maximum atomic E-state index is 8.93. The van der Waals surface area contributed by atoms with E-state index in [1.807, 2.05) is 25.1 Å². The molecule has 0 aliphatic carbocycles. The van der Waals surface area contributed by atoms with Gasteiger partial charge in [-0.3, -0.25) is 0 Å². The summed E-state index contributed by atoms with van der Waals surface area (Å²) in [5.74, 6) is 0.745. The average Bonchev–Trinajstić information content (AvgIpc) is 2.46. The first-order chi connectivity index (χ1) is 9.20. The van der Waals surface area contributed by atoms with E-state index in [2.05, 4.69) is 5.16 Å². The Labute approximate surface area is 114 Å². The first kappa shape index (κ1) is 13.9. The lowest BCUT2D eigenvalue weighted by Crippen LogP contribution is -2.26. The third-order valence-corrected chi connectivity index (χ3v) is 3.37. The Balaban J connectivity index is 2.06. The predicted molar refractivity (Wildman–Crippen MR) is 74.3 cm³/mol. The number of rotatable bonds is 4. The molecule has 0 spiro atoms. The summed E-state index contributed by atoms with van der Waals surface area (Å²) in [7, 11) is 0. The Morgan fingerprint density at radius 1 is 1.47 bits per heavy atom. The Kier molecular flexibility index (Phi) is 4.80. The third kappa shape index (κ3) is 3.70. The summed E-state index contributed by atoms with van der Waals surface area (Å²) in [5.41, 5.74) is 2.50. The molecular formula is C15H21NO3. The molecule has 104 valence electrons. The van der Waals surface area contributed by atoms with E-state index < -0.39 is 0 Å². The first-order valence-electron chi connectivity index (χ1n) is 6.75. The van der Waals surface area contributed by atoms with Crippen LogP contribution in [0.2, 0.25) is 0 Å². The van der Waals surface area contributed by atoms with Gasteiger partial charge in [-0.05, 0) is 45.2 Å². The lowest BCUT2D eigenvalue weighted by Gasteiger charge is -2.23. The van der Waals surface area contributed by atoms with Crippen LogP contribution >= 0.6 is 0 Å². The zero-order valence-corrected chi connectivity index (χ0v) is 11.6. The van der Waals surface area contributed by atoms with Gasteiger partial charge in [-0.2, -0.15) is 0 Å². The highest BCUT2D eigenvalue weighted by Gasteiger charge is 2.16. The van der Waals surface area contributed by atoms with Gasteiger partial charge in [0.1, 0.15) is 12.4 Å². The van der Waals surface area contributed by atoms with Crippen molar-refractivity contribution in [2.75, 3.05) is 13.2 Å². The van der Waals surface area contributed by atoms with E-state index in [1.165, 1.54) is 6.42 Å².